The normalized spacial score (nSPS) is 20.1. The van der Waals surface area contributed by atoms with E-state index in [0.29, 0.717) is 18.1 Å². The number of rotatable bonds is 4. The van der Waals surface area contributed by atoms with Crippen LogP contribution in [0.4, 0.5) is 5.82 Å². The van der Waals surface area contributed by atoms with Crippen molar-refractivity contribution in [1.29, 1.82) is 0 Å². The fourth-order valence-corrected chi connectivity index (χ4v) is 3.33. The van der Waals surface area contributed by atoms with Gasteiger partial charge in [-0.3, -0.25) is 9.48 Å². The summed E-state index contributed by atoms with van der Waals surface area (Å²) < 4.78 is 1.77. The van der Waals surface area contributed by atoms with Gasteiger partial charge in [-0.25, -0.2) is 9.97 Å². The second kappa shape index (κ2) is 6.46. The molecule has 0 spiro atoms. The molecule has 7 heteroatoms. The Morgan fingerprint density at radius 1 is 1.36 bits per heavy atom. The van der Waals surface area contributed by atoms with Crippen LogP contribution in [0.2, 0.25) is 0 Å². The third-order valence-corrected chi connectivity index (χ3v) is 4.85. The third-order valence-electron chi connectivity index (χ3n) is 4.85. The van der Waals surface area contributed by atoms with Gasteiger partial charge in [0.25, 0.3) is 5.91 Å². The Labute approximate surface area is 148 Å². The van der Waals surface area contributed by atoms with Gasteiger partial charge in [0.05, 0.1) is 0 Å². The number of hydrogen-bond acceptors (Lipinski definition) is 5. The highest BCUT2D eigenvalue weighted by molar-refractivity contribution is 5.93. The average Bonchev–Trinajstić information content (AvgIpc) is 3.21. The molecule has 0 aromatic carbocycles. The highest BCUT2D eigenvalue weighted by Crippen LogP contribution is 2.38. The van der Waals surface area contributed by atoms with Crippen molar-refractivity contribution in [2.45, 2.75) is 45.7 Å². The zero-order valence-electron chi connectivity index (χ0n) is 15.7. The minimum absolute atomic E-state index is 0.0521. The smallest absolute Gasteiger partial charge is 0.275 e. The first-order chi connectivity index (χ1) is 11.8. The van der Waals surface area contributed by atoms with E-state index in [0.717, 1.165) is 30.9 Å². The van der Waals surface area contributed by atoms with Crippen molar-refractivity contribution in [2.75, 3.05) is 25.5 Å². The lowest BCUT2D eigenvalue weighted by Crippen LogP contribution is -2.44. The number of aryl methyl sites for hydroxylation is 2. The number of nitrogens with zero attached hydrogens (tertiary/aromatic N) is 6. The maximum absolute atomic E-state index is 13.1. The van der Waals surface area contributed by atoms with E-state index in [1.54, 1.807) is 10.7 Å². The highest BCUT2D eigenvalue weighted by atomic mass is 16.2. The Kier molecular flexibility index (Phi) is 4.49. The second-order valence-electron chi connectivity index (χ2n) is 6.98. The van der Waals surface area contributed by atoms with Crippen LogP contribution in [0.3, 0.4) is 0 Å². The van der Waals surface area contributed by atoms with Crippen molar-refractivity contribution in [3.05, 3.63) is 35.5 Å². The van der Waals surface area contributed by atoms with Crippen LogP contribution in [0, 0.1) is 6.92 Å². The van der Waals surface area contributed by atoms with Gasteiger partial charge in [-0.2, -0.15) is 5.10 Å². The molecule has 0 radical (unpaired) electrons. The molecule has 3 heterocycles. The molecule has 1 unspecified atom stereocenters. The molecule has 2 aromatic heterocycles. The minimum Gasteiger partial charge on any atom is -0.363 e. The molecular weight excluding hydrogens is 316 g/mol. The van der Waals surface area contributed by atoms with Crippen molar-refractivity contribution >= 4 is 11.7 Å². The zero-order chi connectivity index (χ0) is 18.2. The molecule has 0 saturated carbocycles. The fourth-order valence-electron chi connectivity index (χ4n) is 3.33. The molecule has 1 fully saturated rings. The topological polar surface area (TPSA) is 67.2 Å². The van der Waals surface area contributed by atoms with Gasteiger partial charge in [-0.1, -0.05) is 0 Å². The van der Waals surface area contributed by atoms with Crippen LogP contribution in [0.15, 0.2) is 18.3 Å². The average molecular weight is 342 g/mol. The van der Waals surface area contributed by atoms with E-state index >= 15 is 0 Å². The molecule has 1 aliphatic rings. The van der Waals surface area contributed by atoms with Gasteiger partial charge in [-0.05, 0) is 39.7 Å². The van der Waals surface area contributed by atoms with Crippen molar-refractivity contribution in [3.8, 4) is 0 Å². The molecule has 0 bridgehead atoms. The summed E-state index contributed by atoms with van der Waals surface area (Å²) in [5.41, 5.74) is 0.879. The standard InChI is InChI=1S/C18H26N6O/c1-6-23-11-8-14(21-23)16(25)24-10-7-9-18(24,3)17-19-13(2)12-15(20-17)22(4)5/h8,11-12H,6-7,9-10H2,1-5H3. The fraction of sp³-hybridized carbons (Fsp3) is 0.556. The minimum atomic E-state index is -0.510. The molecule has 2 aromatic rings. The lowest BCUT2D eigenvalue weighted by atomic mass is 9.97. The molecule has 1 amide bonds. The van der Waals surface area contributed by atoms with E-state index in [-0.39, 0.29) is 5.91 Å². The maximum Gasteiger partial charge on any atom is 0.275 e. The SMILES string of the molecule is CCn1ccc(C(=O)N2CCCC2(C)c2nc(C)cc(N(C)C)n2)n1. The number of carbonyl (C=O) groups excluding carboxylic acids is 1. The predicted octanol–water partition coefficient (Wildman–Crippen LogP) is 2.22. The predicted molar refractivity (Wildman–Crippen MR) is 96.6 cm³/mol. The molecule has 3 rings (SSSR count). The zero-order valence-corrected chi connectivity index (χ0v) is 15.7. The first kappa shape index (κ1) is 17.4. The van der Waals surface area contributed by atoms with Crippen molar-refractivity contribution in [3.63, 3.8) is 0 Å². The molecule has 7 nitrogen and oxygen atoms in total. The van der Waals surface area contributed by atoms with E-state index in [2.05, 4.69) is 17.0 Å². The Balaban J connectivity index is 1.98. The van der Waals surface area contributed by atoms with Gasteiger partial charge in [0.1, 0.15) is 17.1 Å². The number of hydrogen-bond donors (Lipinski definition) is 0. The van der Waals surface area contributed by atoms with E-state index < -0.39 is 5.54 Å². The van der Waals surface area contributed by atoms with Crippen LogP contribution in [-0.4, -0.2) is 51.2 Å². The lowest BCUT2D eigenvalue weighted by molar-refractivity contribution is 0.0596. The number of carbonyl (C=O) groups is 1. The van der Waals surface area contributed by atoms with Crippen molar-refractivity contribution in [1.82, 2.24) is 24.6 Å². The molecule has 0 aliphatic carbocycles. The first-order valence-electron chi connectivity index (χ1n) is 8.74. The summed E-state index contributed by atoms with van der Waals surface area (Å²) in [7, 11) is 3.92. The highest BCUT2D eigenvalue weighted by Gasteiger charge is 2.44. The van der Waals surface area contributed by atoms with E-state index in [4.69, 9.17) is 4.98 Å². The van der Waals surface area contributed by atoms with Gasteiger partial charge in [0.15, 0.2) is 5.82 Å². The van der Waals surface area contributed by atoms with Crippen LogP contribution in [-0.2, 0) is 12.1 Å². The van der Waals surface area contributed by atoms with Gasteiger partial charge in [0, 0.05) is 45.1 Å². The van der Waals surface area contributed by atoms with Crippen LogP contribution >= 0.6 is 0 Å². The summed E-state index contributed by atoms with van der Waals surface area (Å²) in [4.78, 5) is 26.3. The Morgan fingerprint density at radius 2 is 2.12 bits per heavy atom. The molecule has 1 atom stereocenters. The van der Waals surface area contributed by atoms with Crippen molar-refractivity contribution < 1.29 is 4.79 Å². The summed E-state index contributed by atoms with van der Waals surface area (Å²) in [6.45, 7) is 7.47. The van der Waals surface area contributed by atoms with Crippen LogP contribution in [0.25, 0.3) is 0 Å². The van der Waals surface area contributed by atoms with E-state index in [1.165, 1.54) is 0 Å². The van der Waals surface area contributed by atoms with Gasteiger partial charge in [-0.15, -0.1) is 0 Å². The lowest BCUT2D eigenvalue weighted by Gasteiger charge is -2.34. The van der Waals surface area contributed by atoms with E-state index in [1.807, 2.05) is 50.0 Å². The Morgan fingerprint density at radius 3 is 2.76 bits per heavy atom. The van der Waals surface area contributed by atoms with Crippen LogP contribution in [0.5, 0.6) is 0 Å². The third kappa shape index (κ3) is 3.10. The summed E-state index contributed by atoms with van der Waals surface area (Å²) >= 11 is 0. The molecule has 1 aliphatic heterocycles. The molecule has 25 heavy (non-hydrogen) atoms. The number of amides is 1. The summed E-state index contributed by atoms with van der Waals surface area (Å²) in [6.07, 6.45) is 3.63. The maximum atomic E-state index is 13.1. The summed E-state index contributed by atoms with van der Waals surface area (Å²) in [6, 6.07) is 3.74. The largest absolute Gasteiger partial charge is 0.363 e. The molecule has 1 saturated heterocycles. The first-order valence-corrected chi connectivity index (χ1v) is 8.74. The molecule has 0 N–H and O–H groups in total. The Hall–Kier alpha value is -2.44. The number of aromatic nitrogens is 4. The quantitative estimate of drug-likeness (QED) is 0.852. The van der Waals surface area contributed by atoms with Crippen LogP contribution < -0.4 is 4.90 Å². The molecular formula is C18H26N6O. The van der Waals surface area contributed by atoms with Crippen LogP contribution in [0.1, 0.15) is 48.7 Å². The second-order valence-corrected chi connectivity index (χ2v) is 6.98. The molecule has 134 valence electrons. The van der Waals surface area contributed by atoms with E-state index in [9.17, 15) is 4.79 Å². The van der Waals surface area contributed by atoms with Gasteiger partial charge >= 0.3 is 0 Å². The van der Waals surface area contributed by atoms with Crippen molar-refractivity contribution in [2.24, 2.45) is 0 Å². The Bertz CT molecular complexity index is 784. The summed E-state index contributed by atoms with van der Waals surface area (Å²) in [5, 5.41) is 4.37. The number of likely N-dealkylation sites (tertiary alicyclic amines) is 1. The van der Waals surface area contributed by atoms with Gasteiger partial charge < -0.3 is 9.80 Å². The summed E-state index contributed by atoms with van der Waals surface area (Å²) in [5.74, 6) is 1.51. The van der Waals surface area contributed by atoms with Gasteiger partial charge in [0.2, 0.25) is 0 Å². The number of anilines is 1. The monoisotopic (exact) mass is 342 g/mol.